The predicted octanol–water partition coefficient (Wildman–Crippen LogP) is 0.413. The van der Waals surface area contributed by atoms with Crippen LogP contribution in [0.5, 0.6) is 0 Å². The number of hydrogen-bond donors (Lipinski definition) is 1. The molecule has 0 aliphatic heterocycles. The van der Waals surface area contributed by atoms with E-state index in [4.69, 9.17) is 0 Å². The minimum Gasteiger partial charge on any atom is -0.326 e. The Morgan fingerprint density at radius 2 is 2.56 bits per heavy atom. The van der Waals surface area contributed by atoms with Crippen molar-refractivity contribution in [2.24, 2.45) is 0 Å². The van der Waals surface area contributed by atoms with Crippen molar-refractivity contribution in [1.82, 2.24) is 9.97 Å². The number of nitrogens with one attached hydrogen (secondary N) is 1. The average molecular weight is 122 g/mol. The van der Waals surface area contributed by atoms with E-state index in [0.29, 0.717) is 5.69 Å². The summed E-state index contributed by atoms with van der Waals surface area (Å²) in [5, 5.41) is 0. The van der Waals surface area contributed by atoms with Gasteiger partial charge in [0.25, 0.3) is 5.56 Å². The molecule has 9 heavy (non-hydrogen) atoms. The summed E-state index contributed by atoms with van der Waals surface area (Å²) in [7, 11) is 0. The molecule has 0 fully saturated rings. The molecule has 0 aliphatic rings. The van der Waals surface area contributed by atoms with Crippen molar-refractivity contribution in [3.63, 3.8) is 0 Å². The van der Waals surface area contributed by atoms with E-state index in [1.807, 2.05) is 0 Å². The Bertz CT molecular complexity index is 244. The zero-order valence-corrected chi connectivity index (χ0v) is 4.79. The molecule has 1 rings (SSSR count). The Morgan fingerprint density at radius 1 is 1.78 bits per heavy atom. The standard InChI is InChI=1S/C6H6N2O/c1-2-5-3-8-6(9)4-7-5/h2-4H,1H2,(H,8,9). The summed E-state index contributed by atoms with van der Waals surface area (Å²) in [5.74, 6) is 0. The molecule has 0 saturated carbocycles. The molecule has 3 nitrogen and oxygen atoms in total. The lowest BCUT2D eigenvalue weighted by molar-refractivity contribution is 1.12. The largest absolute Gasteiger partial charge is 0.326 e. The van der Waals surface area contributed by atoms with Crippen molar-refractivity contribution in [3.8, 4) is 0 Å². The summed E-state index contributed by atoms with van der Waals surface area (Å²) in [6.07, 6.45) is 4.29. The first-order chi connectivity index (χ1) is 4.33. The molecule has 0 unspecified atom stereocenters. The van der Waals surface area contributed by atoms with Crippen LogP contribution in [0, 0.1) is 0 Å². The van der Waals surface area contributed by atoms with Crippen LogP contribution in [0.15, 0.2) is 23.8 Å². The van der Waals surface area contributed by atoms with Gasteiger partial charge < -0.3 is 4.98 Å². The van der Waals surface area contributed by atoms with Gasteiger partial charge in [-0.2, -0.15) is 0 Å². The molecule has 1 N–H and O–H groups in total. The fourth-order valence-electron chi connectivity index (χ4n) is 0.464. The maximum Gasteiger partial charge on any atom is 0.266 e. The smallest absolute Gasteiger partial charge is 0.266 e. The fraction of sp³-hybridized carbons (Fsp3) is 0. The Kier molecular flexibility index (Phi) is 1.44. The quantitative estimate of drug-likeness (QED) is 0.586. The lowest BCUT2D eigenvalue weighted by Crippen LogP contribution is -2.03. The Hall–Kier alpha value is -1.38. The van der Waals surface area contributed by atoms with Gasteiger partial charge >= 0.3 is 0 Å². The topological polar surface area (TPSA) is 45.8 Å². The molecule has 1 heterocycles. The Morgan fingerprint density at radius 3 is 3.00 bits per heavy atom. The van der Waals surface area contributed by atoms with E-state index in [0.717, 1.165) is 0 Å². The molecular formula is C6H6N2O. The van der Waals surface area contributed by atoms with E-state index in [1.54, 1.807) is 6.08 Å². The molecule has 0 amide bonds. The molecule has 0 aromatic carbocycles. The van der Waals surface area contributed by atoms with Crippen LogP contribution in [0.1, 0.15) is 5.69 Å². The molecule has 0 atom stereocenters. The molecule has 46 valence electrons. The van der Waals surface area contributed by atoms with Crippen LogP contribution < -0.4 is 5.56 Å². The average Bonchev–Trinajstić information content (AvgIpc) is 1.90. The highest BCUT2D eigenvalue weighted by molar-refractivity contribution is 5.38. The van der Waals surface area contributed by atoms with E-state index in [9.17, 15) is 4.79 Å². The Labute approximate surface area is 52.1 Å². The normalized spacial score (nSPS) is 8.89. The van der Waals surface area contributed by atoms with Gasteiger partial charge in [-0.1, -0.05) is 6.58 Å². The van der Waals surface area contributed by atoms with Crippen LogP contribution in [0.3, 0.4) is 0 Å². The van der Waals surface area contributed by atoms with Gasteiger partial charge in [0.1, 0.15) is 0 Å². The third-order valence-electron chi connectivity index (χ3n) is 0.902. The van der Waals surface area contributed by atoms with Crippen LogP contribution in [-0.4, -0.2) is 9.97 Å². The Balaban J connectivity index is 3.16. The number of aromatic nitrogens is 2. The third kappa shape index (κ3) is 1.25. The van der Waals surface area contributed by atoms with Crippen LogP contribution in [0.2, 0.25) is 0 Å². The van der Waals surface area contributed by atoms with Crippen molar-refractivity contribution in [1.29, 1.82) is 0 Å². The van der Waals surface area contributed by atoms with Gasteiger partial charge in [0.05, 0.1) is 11.9 Å². The summed E-state index contributed by atoms with van der Waals surface area (Å²) < 4.78 is 0. The molecular weight excluding hydrogens is 116 g/mol. The molecule has 1 aromatic heterocycles. The SMILES string of the molecule is C=Cc1c[nH]c(=O)cn1. The predicted molar refractivity (Wildman–Crippen MR) is 34.9 cm³/mol. The van der Waals surface area contributed by atoms with Crippen molar-refractivity contribution in [2.45, 2.75) is 0 Å². The minimum atomic E-state index is -0.194. The van der Waals surface area contributed by atoms with Crippen molar-refractivity contribution >= 4 is 6.08 Å². The third-order valence-corrected chi connectivity index (χ3v) is 0.902. The minimum absolute atomic E-state index is 0.194. The van der Waals surface area contributed by atoms with Crippen LogP contribution in [0.25, 0.3) is 6.08 Å². The number of aromatic amines is 1. The summed E-state index contributed by atoms with van der Waals surface area (Å²) in [5.41, 5.74) is 0.482. The molecule has 0 radical (unpaired) electrons. The maximum atomic E-state index is 10.4. The van der Waals surface area contributed by atoms with E-state index in [1.165, 1.54) is 12.4 Å². The first-order valence-electron chi connectivity index (χ1n) is 2.50. The summed E-state index contributed by atoms with van der Waals surface area (Å²) in [4.78, 5) is 16.6. The van der Waals surface area contributed by atoms with Crippen LogP contribution in [0.4, 0.5) is 0 Å². The number of H-pyrrole nitrogens is 1. The highest BCUT2D eigenvalue weighted by atomic mass is 16.1. The lowest BCUT2D eigenvalue weighted by atomic mass is 10.4. The van der Waals surface area contributed by atoms with E-state index in [2.05, 4.69) is 16.5 Å². The van der Waals surface area contributed by atoms with E-state index < -0.39 is 0 Å². The summed E-state index contributed by atoms with van der Waals surface area (Å²) >= 11 is 0. The highest BCUT2D eigenvalue weighted by Gasteiger charge is 1.83. The molecule has 0 bridgehead atoms. The van der Waals surface area contributed by atoms with Gasteiger partial charge in [-0.3, -0.25) is 4.79 Å². The molecule has 0 aliphatic carbocycles. The zero-order chi connectivity index (χ0) is 6.69. The second-order valence-corrected chi connectivity index (χ2v) is 1.54. The van der Waals surface area contributed by atoms with Gasteiger partial charge in [-0.15, -0.1) is 0 Å². The molecule has 1 aromatic rings. The van der Waals surface area contributed by atoms with Gasteiger partial charge in [0.15, 0.2) is 0 Å². The number of rotatable bonds is 1. The first kappa shape index (κ1) is 5.75. The number of nitrogens with zero attached hydrogens (tertiary/aromatic N) is 1. The molecule has 0 spiro atoms. The van der Waals surface area contributed by atoms with Gasteiger partial charge in [-0.25, -0.2) is 4.98 Å². The van der Waals surface area contributed by atoms with Crippen molar-refractivity contribution < 1.29 is 0 Å². The molecule has 3 heteroatoms. The van der Waals surface area contributed by atoms with Crippen LogP contribution in [-0.2, 0) is 0 Å². The monoisotopic (exact) mass is 122 g/mol. The maximum absolute atomic E-state index is 10.4. The van der Waals surface area contributed by atoms with Crippen molar-refractivity contribution in [2.75, 3.05) is 0 Å². The zero-order valence-electron chi connectivity index (χ0n) is 4.79. The lowest BCUT2D eigenvalue weighted by Gasteiger charge is -1.85. The van der Waals surface area contributed by atoms with E-state index in [-0.39, 0.29) is 5.56 Å². The van der Waals surface area contributed by atoms with Gasteiger partial charge in [0, 0.05) is 6.20 Å². The van der Waals surface area contributed by atoms with Crippen molar-refractivity contribution in [3.05, 3.63) is 35.0 Å². The number of hydrogen-bond acceptors (Lipinski definition) is 2. The summed E-state index contributed by atoms with van der Waals surface area (Å²) in [6, 6.07) is 0. The van der Waals surface area contributed by atoms with Crippen LogP contribution >= 0.6 is 0 Å². The second-order valence-electron chi connectivity index (χ2n) is 1.54. The summed E-state index contributed by atoms with van der Waals surface area (Å²) in [6.45, 7) is 3.48. The van der Waals surface area contributed by atoms with Gasteiger partial charge in [0.2, 0.25) is 0 Å². The second kappa shape index (κ2) is 2.26. The highest BCUT2D eigenvalue weighted by Crippen LogP contribution is 1.85. The van der Waals surface area contributed by atoms with E-state index >= 15 is 0 Å². The van der Waals surface area contributed by atoms with Gasteiger partial charge in [-0.05, 0) is 6.08 Å². The fourth-order valence-corrected chi connectivity index (χ4v) is 0.464. The molecule has 0 saturated heterocycles. The first-order valence-corrected chi connectivity index (χ1v) is 2.50.